The van der Waals surface area contributed by atoms with Crippen LogP contribution in [0.2, 0.25) is 0 Å². The number of hydrogen-bond donors (Lipinski definition) is 3. The van der Waals surface area contributed by atoms with Crippen molar-refractivity contribution in [3.63, 3.8) is 0 Å². The van der Waals surface area contributed by atoms with Gasteiger partial charge in [-0.2, -0.15) is 0 Å². The molecule has 0 unspecified atom stereocenters. The summed E-state index contributed by atoms with van der Waals surface area (Å²) in [6, 6.07) is 13.7. The van der Waals surface area contributed by atoms with Crippen molar-refractivity contribution in [2.24, 2.45) is 5.92 Å². The van der Waals surface area contributed by atoms with Crippen LogP contribution in [0.15, 0.2) is 54.6 Å². The second kappa shape index (κ2) is 12.3. The average Bonchev–Trinajstić information content (AvgIpc) is 2.81. The van der Waals surface area contributed by atoms with Crippen molar-refractivity contribution < 1.29 is 29.0 Å². The van der Waals surface area contributed by atoms with E-state index in [-0.39, 0.29) is 24.7 Å². The molecular weight excluding hydrogens is 412 g/mol. The number of rotatable bonds is 10. The number of hydrogen-bond acceptors (Lipinski definition) is 6. The minimum Gasteiger partial charge on any atom is -0.508 e. The minimum absolute atomic E-state index is 0.0765. The van der Waals surface area contributed by atoms with Gasteiger partial charge in [-0.25, -0.2) is 9.59 Å². The first-order chi connectivity index (χ1) is 15.3. The zero-order chi connectivity index (χ0) is 23.5. The van der Waals surface area contributed by atoms with Crippen LogP contribution in [0.3, 0.4) is 0 Å². The fourth-order valence-corrected chi connectivity index (χ4v) is 3.06. The summed E-state index contributed by atoms with van der Waals surface area (Å²) in [7, 11) is 1.24. The summed E-state index contributed by atoms with van der Waals surface area (Å²) >= 11 is 0. The molecule has 0 aliphatic heterocycles. The lowest BCUT2D eigenvalue weighted by Gasteiger charge is -2.25. The standard InChI is InChI=1S/C24H30N2O6/c1-4-16(2)21(26-24(30)32-15-18-8-6-5-7-9-18)22(28)25-20(23(29)31-3)14-17-10-12-19(27)13-11-17/h5-13,16,20-21,27H,4,14-15H2,1-3H3,(H,25,28)(H,26,30)/t16-,20+,21+/m0/s1. The first-order valence-electron chi connectivity index (χ1n) is 10.5. The molecule has 0 aliphatic carbocycles. The van der Waals surface area contributed by atoms with E-state index in [1.54, 1.807) is 12.1 Å². The van der Waals surface area contributed by atoms with Crippen molar-refractivity contribution in [3.05, 3.63) is 65.7 Å². The molecule has 0 aliphatic rings. The lowest BCUT2D eigenvalue weighted by Crippen LogP contribution is -2.54. The number of esters is 1. The Morgan fingerprint density at radius 3 is 2.22 bits per heavy atom. The van der Waals surface area contributed by atoms with Gasteiger partial charge >= 0.3 is 12.1 Å². The molecule has 0 saturated carbocycles. The van der Waals surface area contributed by atoms with Crippen LogP contribution in [0.25, 0.3) is 0 Å². The number of benzene rings is 2. The van der Waals surface area contributed by atoms with Crippen LogP contribution in [-0.4, -0.2) is 42.3 Å². The Morgan fingerprint density at radius 2 is 1.62 bits per heavy atom. The number of ether oxygens (including phenoxy) is 2. The zero-order valence-corrected chi connectivity index (χ0v) is 18.5. The van der Waals surface area contributed by atoms with Crippen LogP contribution in [0.5, 0.6) is 5.75 Å². The van der Waals surface area contributed by atoms with Gasteiger partial charge in [-0.05, 0) is 29.2 Å². The third-order valence-corrected chi connectivity index (χ3v) is 5.16. The summed E-state index contributed by atoms with van der Waals surface area (Å²) in [5.74, 6) is -1.22. The maximum atomic E-state index is 13.0. The summed E-state index contributed by atoms with van der Waals surface area (Å²) in [6.45, 7) is 3.80. The van der Waals surface area contributed by atoms with Gasteiger partial charge in [0, 0.05) is 6.42 Å². The van der Waals surface area contributed by atoms with E-state index in [0.29, 0.717) is 6.42 Å². The predicted octanol–water partition coefficient (Wildman–Crippen LogP) is 2.93. The minimum atomic E-state index is -0.953. The molecule has 8 heteroatoms. The van der Waals surface area contributed by atoms with E-state index < -0.39 is 30.1 Å². The van der Waals surface area contributed by atoms with E-state index in [0.717, 1.165) is 11.1 Å². The van der Waals surface area contributed by atoms with Gasteiger partial charge in [0.1, 0.15) is 24.4 Å². The van der Waals surface area contributed by atoms with Gasteiger partial charge in [-0.3, -0.25) is 4.79 Å². The van der Waals surface area contributed by atoms with Gasteiger partial charge in [-0.15, -0.1) is 0 Å². The summed E-state index contributed by atoms with van der Waals surface area (Å²) < 4.78 is 10.1. The Bertz CT molecular complexity index is 885. The van der Waals surface area contributed by atoms with Gasteiger partial charge in [0.05, 0.1) is 7.11 Å². The quantitative estimate of drug-likeness (QED) is 0.488. The van der Waals surface area contributed by atoms with Gasteiger partial charge in [0.15, 0.2) is 0 Å². The highest BCUT2D eigenvalue weighted by molar-refractivity contribution is 5.90. The summed E-state index contributed by atoms with van der Waals surface area (Å²) in [4.78, 5) is 37.6. The van der Waals surface area contributed by atoms with Crippen molar-refractivity contribution >= 4 is 18.0 Å². The fourth-order valence-electron chi connectivity index (χ4n) is 3.06. The van der Waals surface area contributed by atoms with Gasteiger partial charge in [0.2, 0.25) is 5.91 Å². The second-order valence-electron chi connectivity index (χ2n) is 7.52. The van der Waals surface area contributed by atoms with Gasteiger partial charge < -0.3 is 25.2 Å². The molecule has 3 atom stereocenters. The van der Waals surface area contributed by atoms with Gasteiger partial charge in [-0.1, -0.05) is 62.7 Å². The highest BCUT2D eigenvalue weighted by atomic mass is 16.5. The van der Waals surface area contributed by atoms with E-state index in [2.05, 4.69) is 10.6 Å². The molecule has 8 nitrogen and oxygen atoms in total. The second-order valence-corrected chi connectivity index (χ2v) is 7.52. The highest BCUT2D eigenvalue weighted by Crippen LogP contribution is 2.13. The molecule has 0 bridgehead atoms. The number of carbonyl (C=O) groups is 3. The van der Waals surface area contributed by atoms with Crippen molar-refractivity contribution in [1.29, 1.82) is 0 Å². The summed E-state index contributed by atoms with van der Waals surface area (Å²) in [5.41, 5.74) is 1.56. The van der Waals surface area contributed by atoms with Crippen LogP contribution < -0.4 is 10.6 Å². The number of alkyl carbamates (subject to hydrolysis) is 1. The number of carbonyl (C=O) groups excluding carboxylic acids is 3. The third kappa shape index (κ3) is 7.61. The van der Waals surface area contributed by atoms with Crippen LogP contribution >= 0.6 is 0 Å². The molecule has 32 heavy (non-hydrogen) atoms. The first-order valence-corrected chi connectivity index (χ1v) is 10.5. The molecule has 0 fully saturated rings. The van der Waals surface area contributed by atoms with E-state index >= 15 is 0 Å². The monoisotopic (exact) mass is 442 g/mol. The molecule has 2 rings (SSSR count). The van der Waals surface area contributed by atoms with E-state index in [4.69, 9.17) is 9.47 Å². The highest BCUT2D eigenvalue weighted by Gasteiger charge is 2.30. The Hall–Kier alpha value is -3.55. The summed E-state index contributed by atoms with van der Waals surface area (Å²) in [6.07, 6.45) is 0.0740. The molecule has 0 spiro atoms. The molecule has 0 saturated heterocycles. The van der Waals surface area contributed by atoms with Crippen LogP contribution in [0, 0.1) is 5.92 Å². The Labute approximate surface area is 187 Å². The number of nitrogens with one attached hydrogen (secondary N) is 2. The molecule has 3 N–H and O–H groups in total. The number of phenols is 1. The van der Waals surface area contributed by atoms with Crippen LogP contribution in [-0.2, 0) is 32.1 Å². The molecule has 2 aromatic rings. The molecular formula is C24H30N2O6. The predicted molar refractivity (Wildman–Crippen MR) is 119 cm³/mol. The summed E-state index contributed by atoms with van der Waals surface area (Å²) in [5, 5.41) is 14.7. The SMILES string of the molecule is CC[C@H](C)[C@@H](NC(=O)OCc1ccccc1)C(=O)N[C@H](Cc1ccc(O)cc1)C(=O)OC. The normalized spacial score (nSPS) is 13.3. The third-order valence-electron chi connectivity index (χ3n) is 5.16. The van der Waals surface area contributed by atoms with Gasteiger partial charge in [0.25, 0.3) is 0 Å². The van der Waals surface area contributed by atoms with E-state index in [9.17, 15) is 19.5 Å². The van der Waals surface area contributed by atoms with E-state index in [1.807, 2.05) is 44.2 Å². The number of aromatic hydroxyl groups is 1. The Morgan fingerprint density at radius 1 is 0.969 bits per heavy atom. The largest absolute Gasteiger partial charge is 0.508 e. The number of phenolic OH excluding ortho intramolecular Hbond substituents is 1. The fraction of sp³-hybridized carbons (Fsp3) is 0.375. The first kappa shape index (κ1) is 24.7. The van der Waals surface area contributed by atoms with Crippen LogP contribution in [0.1, 0.15) is 31.4 Å². The molecule has 2 amide bonds. The van der Waals surface area contributed by atoms with Crippen molar-refractivity contribution in [2.45, 2.75) is 45.4 Å². The Balaban J connectivity index is 2.05. The molecule has 0 aromatic heterocycles. The maximum Gasteiger partial charge on any atom is 0.408 e. The molecule has 2 aromatic carbocycles. The Kier molecular flexibility index (Phi) is 9.53. The lowest BCUT2D eigenvalue weighted by atomic mass is 9.97. The molecule has 0 radical (unpaired) electrons. The van der Waals surface area contributed by atoms with E-state index in [1.165, 1.54) is 19.2 Å². The topological polar surface area (TPSA) is 114 Å². The van der Waals surface area contributed by atoms with Crippen molar-refractivity contribution in [1.82, 2.24) is 10.6 Å². The molecule has 172 valence electrons. The van der Waals surface area contributed by atoms with Crippen LogP contribution in [0.4, 0.5) is 4.79 Å². The zero-order valence-electron chi connectivity index (χ0n) is 18.5. The number of methoxy groups -OCH3 is 1. The average molecular weight is 443 g/mol. The molecule has 0 heterocycles. The van der Waals surface area contributed by atoms with Crippen molar-refractivity contribution in [2.75, 3.05) is 7.11 Å². The smallest absolute Gasteiger partial charge is 0.408 e. The maximum absolute atomic E-state index is 13.0. The lowest BCUT2D eigenvalue weighted by molar-refractivity contribution is -0.145. The van der Waals surface area contributed by atoms with Crippen molar-refractivity contribution in [3.8, 4) is 5.75 Å². The number of amides is 2.